The van der Waals surface area contributed by atoms with Crippen LogP contribution in [0.1, 0.15) is 28.5 Å². The number of benzene rings is 1. The summed E-state index contributed by atoms with van der Waals surface area (Å²) in [6.45, 7) is 0. The summed E-state index contributed by atoms with van der Waals surface area (Å²) in [7, 11) is 0. The van der Waals surface area contributed by atoms with Crippen LogP contribution in [0.2, 0.25) is 0 Å². The molecule has 0 fully saturated rings. The summed E-state index contributed by atoms with van der Waals surface area (Å²) >= 11 is 0. The van der Waals surface area contributed by atoms with Crippen LogP contribution in [0.15, 0.2) is 54.7 Å². The Morgan fingerprint density at radius 1 is 1.17 bits per heavy atom. The van der Waals surface area contributed by atoms with Crippen molar-refractivity contribution < 1.29 is 9.59 Å². The topological polar surface area (TPSA) is 75.5 Å². The fourth-order valence-electron chi connectivity index (χ4n) is 2.89. The Balaban J connectivity index is 1.67. The monoisotopic (exact) mass is 306 g/mol. The molecule has 4 rings (SSSR count). The molecule has 0 radical (unpaired) electrons. The van der Waals surface area contributed by atoms with Crippen molar-refractivity contribution in [2.75, 3.05) is 5.32 Å². The molecule has 114 valence electrons. The second kappa shape index (κ2) is 5.24. The first-order valence-corrected chi connectivity index (χ1v) is 7.35. The van der Waals surface area contributed by atoms with Crippen LogP contribution < -0.4 is 10.6 Å². The first kappa shape index (κ1) is 13.5. The first-order valence-electron chi connectivity index (χ1n) is 7.35. The van der Waals surface area contributed by atoms with Gasteiger partial charge < -0.3 is 10.6 Å². The predicted octanol–water partition coefficient (Wildman–Crippen LogP) is 2.15. The molecule has 0 aliphatic carbocycles. The fraction of sp³-hybridized carbons (Fsp3) is 0.118. The lowest BCUT2D eigenvalue weighted by atomic mass is 9.97. The van der Waals surface area contributed by atoms with Crippen molar-refractivity contribution in [3.05, 3.63) is 66.0 Å². The largest absolute Gasteiger partial charge is 0.343 e. The summed E-state index contributed by atoms with van der Waals surface area (Å²) in [5, 5.41) is 9.93. The van der Waals surface area contributed by atoms with Gasteiger partial charge in [-0.15, -0.1) is 0 Å². The van der Waals surface area contributed by atoms with E-state index in [1.807, 2.05) is 42.5 Å². The lowest BCUT2D eigenvalue weighted by Gasteiger charge is -2.26. The number of carbonyl (C=O) groups excluding carboxylic acids is 2. The smallest absolute Gasteiger partial charge is 0.270 e. The van der Waals surface area contributed by atoms with Gasteiger partial charge in [0.15, 0.2) is 0 Å². The van der Waals surface area contributed by atoms with Gasteiger partial charge in [-0.3, -0.25) is 9.59 Å². The molecule has 2 N–H and O–H groups in total. The summed E-state index contributed by atoms with van der Waals surface area (Å²) in [6.07, 6.45) is 1.87. The van der Waals surface area contributed by atoms with Gasteiger partial charge >= 0.3 is 0 Å². The van der Waals surface area contributed by atoms with Gasteiger partial charge in [0.05, 0.1) is 24.2 Å². The molecule has 6 nitrogen and oxygen atoms in total. The van der Waals surface area contributed by atoms with Crippen LogP contribution in [-0.4, -0.2) is 21.4 Å². The SMILES string of the molecule is O=C1CC(NC(=O)c2cccc3ccnn23)c2ccccc2N1. The van der Waals surface area contributed by atoms with Gasteiger partial charge in [0.25, 0.3) is 5.91 Å². The summed E-state index contributed by atoms with van der Waals surface area (Å²) in [5.41, 5.74) is 2.94. The molecule has 1 aliphatic rings. The zero-order chi connectivity index (χ0) is 15.8. The van der Waals surface area contributed by atoms with Crippen LogP contribution in [0.4, 0.5) is 5.69 Å². The standard InChI is InChI=1S/C17H14N4O2/c22-16-10-14(12-5-1-2-6-13(12)19-16)20-17(23)15-7-3-4-11-8-9-18-21(11)15/h1-9,14H,10H2,(H,19,22)(H,20,23). The molecule has 2 amide bonds. The maximum absolute atomic E-state index is 12.6. The quantitative estimate of drug-likeness (QED) is 0.761. The molecule has 0 bridgehead atoms. The van der Waals surface area contributed by atoms with Gasteiger partial charge in [-0.25, -0.2) is 4.52 Å². The Kier molecular flexibility index (Phi) is 3.08. The average molecular weight is 306 g/mol. The maximum Gasteiger partial charge on any atom is 0.270 e. The van der Waals surface area contributed by atoms with Crippen molar-refractivity contribution in [2.45, 2.75) is 12.5 Å². The average Bonchev–Trinajstić information content (AvgIpc) is 3.03. The Bertz CT molecular complexity index is 916. The molecule has 0 saturated carbocycles. The minimum absolute atomic E-state index is 0.105. The second-order valence-electron chi connectivity index (χ2n) is 5.44. The molecule has 6 heteroatoms. The van der Waals surface area contributed by atoms with E-state index in [0.29, 0.717) is 5.69 Å². The van der Waals surface area contributed by atoms with Crippen LogP contribution in [0, 0.1) is 0 Å². The molecule has 3 aromatic rings. The molecule has 1 atom stereocenters. The van der Waals surface area contributed by atoms with E-state index in [0.717, 1.165) is 16.8 Å². The number of pyridine rings is 1. The second-order valence-corrected chi connectivity index (χ2v) is 5.44. The van der Waals surface area contributed by atoms with Gasteiger partial charge in [-0.1, -0.05) is 24.3 Å². The minimum atomic E-state index is -0.349. The van der Waals surface area contributed by atoms with E-state index in [4.69, 9.17) is 0 Å². The molecular weight excluding hydrogens is 292 g/mol. The van der Waals surface area contributed by atoms with E-state index in [1.54, 1.807) is 16.8 Å². The zero-order valence-electron chi connectivity index (χ0n) is 12.2. The molecule has 1 aromatic carbocycles. The molecule has 0 spiro atoms. The molecule has 3 heterocycles. The van der Waals surface area contributed by atoms with Crippen LogP contribution >= 0.6 is 0 Å². The van der Waals surface area contributed by atoms with Gasteiger partial charge in [-0.2, -0.15) is 5.10 Å². The van der Waals surface area contributed by atoms with E-state index < -0.39 is 0 Å². The number of nitrogens with zero attached hydrogens (tertiary/aromatic N) is 2. The summed E-state index contributed by atoms with van der Waals surface area (Å²) < 4.78 is 1.59. The Labute approximate surface area is 132 Å². The van der Waals surface area contributed by atoms with Gasteiger partial charge in [-0.05, 0) is 29.8 Å². The molecule has 23 heavy (non-hydrogen) atoms. The summed E-state index contributed by atoms with van der Waals surface area (Å²) in [4.78, 5) is 24.5. The minimum Gasteiger partial charge on any atom is -0.343 e. The molecule has 1 unspecified atom stereocenters. The van der Waals surface area contributed by atoms with Crippen molar-refractivity contribution in [3.8, 4) is 0 Å². The third-order valence-corrected chi connectivity index (χ3v) is 3.96. The highest BCUT2D eigenvalue weighted by Crippen LogP contribution is 2.30. The van der Waals surface area contributed by atoms with Crippen LogP contribution in [0.3, 0.4) is 0 Å². The highest BCUT2D eigenvalue weighted by Gasteiger charge is 2.26. The number of anilines is 1. The van der Waals surface area contributed by atoms with Gasteiger partial charge in [0.1, 0.15) is 5.69 Å². The third-order valence-electron chi connectivity index (χ3n) is 3.96. The third kappa shape index (κ3) is 2.34. The van der Waals surface area contributed by atoms with E-state index >= 15 is 0 Å². The predicted molar refractivity (Wildman–Crippen MR) is 85.1 cm³/mol. The fourth-order valence-corrected chi connectivity index (χ4v) is 2.89. The highest BCUT2D eigenvalue weighted by atomic mass is 16.2. The number of amides is 2. The van der Waals surface area contributed by atoms with Crippen molar-refractivity contribution in [2.24, 2.45) is 0 Å². The van der Waals surface area contributed by atoms with Crippen molar-refractivity contribution in [3.63, 3.8) is 0 Å². The molecule has 1 aliphatic heterocycles. The van der Waals surface area contributed by atoms with E-state index in [1.165, 1.54) is 0 Å². The molecule has 0 saturated heterocycles. The Hall–Kier alpha value is -3.15. The Morgan fingerprint density at radius 2 is 2.04 bits per heavy atom. The van der Waals surface area contributed by atoms with Crippen LogP contribution in [-0.2, 0) is 4.79 Å². The zero-order valence-corrected chi connectivity index (χ0v) is 12.2. The van der Waals surface area contributed by atoms with Gasteiger partial charge in [0, 0.05) is 5.69 Å². The number of rotatable bonds is 2. The van der Waals surface area contributed by atoms with Crippen molar-refractivity contribution >= 4 is 23.0 Å². The number of carbonyl (C=O) groups is 2. The number of nitrogens with one attached hydrogen (secondary N) is 2. The van der Waals surface area contributed by atoms with E-state index in [-0.39, 0.29) is 24.3 Å². The number of hydrogen-bond acceptors (Lipinski definition) is 3. The molecular formula is C17H14N4O2. The van der Waals surface area contributed by atoms with Crippen LogP contribution in [0.5, 0.6) is 0 Å². The number of aromatic nitrogens is 2. The highest BCUT2D eigenvalue weighted by molar-refractivity contribution is 5.97. The van der Waals surface area contributed by atoms with Crippen LogP contribution in [0.25, 0.3) is 5.52 Å². The number of para-hydroxylation sites is 1. The number of hydrogen-bond donors (Lipinski definition) is 2. The first-order chi connectivity index (χ1) is 11.2. The van der Waals surface area contributed by atoms with Gasteiger partial charge in [0.2, 0.25) is 5.91 Å². The lowest BCUT2D eigenvalue weighted by Crippen LogP contribution is -2.35. The summed E-state index contributed by atoms with van der Waals surface area (Å²) in [6, 6.07) is 14.4. The Morgan fingerprint density at radius 3 is 2.96 bits per heavy atom. The number of fused-ring (bicyclic) bond motifs is 2. The normalized spacial score (nSPS) is 16.7. The van der Waals surface area contributed by atoms with Crippen molar-refractivity contribution in [1.82, 2.24) is 14.9 Å². The van der Waals surface area contributed by atoms with E-state index in [9.17, 15) is 9.59 Å². The maximum atomic E-state index is 12.6. The van der Waals surface area contributed by atoms with E-state index in [2.05, 4.69) is 15.7 Å². The summed E-state index contributed by atoms with van der Waals surface area (Å²) in [5.74, 6) is -0.361. The van der Waals surface area contributed by atoms with Crippen molar-refractivity contribution in [1.29, 1.82) is 0 Å². The lowest BCUT2D eigenvalue weighted by molar-refractivity contribution is -0.116. The molecule has 2 aromatic heterocycles.